The number of halogens is 1. The van der Waals surface area contributed by atoms with Crippen molar-refractivity contribution in [1.29, 1.82) is 0 Å². The summed E-state index contributed by atoms with van der Waals surface area (Å²) in [6.45, 7) is 0. The number of nitrogens with one attached hydrogen (secondary N) is 1. The summed E-state index contributed by atoms with van der Waals surface area (Å²) in [5.41, 5.74) is 3.23. The minimum Gasteiger partial charge on any atom is -0.378 e. The maximum atomic E-state index is 4.84. The van der Waals surface area contributed by atoms with Crippen molar-refractivity contribution >= 4 is 27.0 Å². The first-order valence-corrected chi connectivity index (χ1v) is 7.95. The molecule has 4 rings (SSSR count). The lowest BCUT2D eigenvalue weighted by atomic mass is 10.2. The van der Waals surface area contributed by atoms with Crippen LogP contribution < -0.4 is 5.32 Å². The van der Waals surface area contributed by atoms with Crippen molar-refractivity contribution in [2.75, 3.05) is 0 Å². The van der Waals surface area contributed by atoms with Gasteiger partial charge in [-0.2, -0.15) is 0 Å². The lowest BCUT2D eigenvalue weighted by Crippen LogP contribution is -2.19. The van der Waals surface area contributed by atoms with Gasteiger partial charge in [-0.15, -0.1) is 0 Å². The summed E-state index contributed by atoms with van der Waals surface area (Å²) < 4.78 is 3.28. The number of hydrogen-bond acceptors (Lipinski definition) is 2. The molecule has 0 amide bonds. The Balaban J connectivity index is 1.95. The van der Waals surface area contributed by atoms with Crippen molar-refractivity contribution < 1.29 is 0 Å². The molecule has 0 aliphatic carbocycles. The van der Waals surface area contributed by atoms with Crippen LogP contribution in [0, 0.1) is 0 Å². The van der Waals surface area contributed by atoms with Gasteiger partial charge in [0, 0.05) is 10.2 Å². The SMILES string of the molecule is Brc1ccc(-n2c(C3C=CC=CN3)nc3ccccc32)cc1. The molecule has 0 fully saturated rings. The zero-order valence-electron chi connectivity index (χ0n) is 11.8. The monoisotopic (exact) mass is 351 g/mol. The summed E-state index contributed by atoms with van der Waals surface area (Å²) in [5, 5.41) is 3.36. The fourth-order valence-electron chi connectivity index (χ4n) is 2.72. The normalized spacial score (nSPS) is 16.9. The summed E-state index contributed by atoms with van der Waals surface area (Å²) >= 11 is 3.50. The number of aromatic nitrogens is 2. The Bertz CT molecular complexity index is 875. The van der Waals surface area contributed by atoms with Crippen LogP contribution in [0.2, 0.25) is 0 Å². The van der Waals surface area contributed by atoms with E-state index in [1.54, 1.807) is 0 Å². The van der Waals surface area contributed by atoms with Crippen molar-refractivity contribution in [1.82, 2.24) is 14.9 Å². The molecule has 1 N–H and O–H groups in total. The van der Waals surface area contributed by atoms with Crippen LogP contribution in [0.5, 0.6) is 0 Å². The molecule has 22 heavy (non-hydrogen) atoms. The molecule has 1 unspecified atom stereocenters. The van der Waals surface area contributed by atoms with E-state index in [4.69, 9.17) is 4.98 Å². The van der Waals surface area contributed by atoms with Crippen molar-refractivity contribution in [3.8, 4) is 5.69 Å². The van der Waals surface area contributed by atoms with Crippen molar-refractivity contribution in [3.63, 3.8) is 0 Å². The Labute approximate surface area is 137 Å². The molecule has 0 radical (unpaired) electrons. The molecular weight excluding hydrogens is 338 g/mol. The number of rotatable bonds is 2. The average molecular weight is 352 g/mol. The Morgan fingerprint density at radius 3 is 2.59 bits per heavy atom. The number of imidazole rings is 1. The summed E-state index contributed by atoms with van der Waals surface area (Å²) in [6.07, 6.45) is 8.11. The maximum Gasteiger partial charge on any atom is 0.141 e. The van der Waals surface area contributed by atoms with Gasteiger partial charge < -0.3 is 5.32 Å². The first kappa shape index (κ1) is 13.3. The number of dihydropyridines is 1. The fraction of sp³-hybridized carbons (Fsp3) is 0.0556. The Morgan fingerprint density at radius 1 is 1.00 bits per heavy atom. The number of allylic oxidation sites excluding steroid dienone is 2. The van der Waals surface area contributed by atoms with E-state index >= 15 is 0 Å². The smallest absolute Gasteiger partial charge is 0.141 e. The highest BCUT2D eigenvalue weighted by atomic mass is 79.9. The summed E-state index contributed by atoms with van der Waals surface area (Å²) in [4.78, 5) is 4.84. The third-order valence-corrected chi connectivity index (χ3v) is 4.27. The van der Waals surface area contributed by atoms with Crippen LogP contribution in [-0.2, 0) is 0 Å². The van der Waals surface area contributed by atoms with Crippen molar-refractivity contribution in [2.45, 2.75) is 6.04 Å². The topological polar surface area (TPSA) is 29.9 Å². The third-order valence-electron chi connectivity index (χ3n) is 3.74. The molecule has 0 bridgehead atoms. The number of nitrogens with zero attached hydrogens (tertiary/aromatic N) is 2. The molecule has 4 heteroatoms. The van der Waals surface area contributed by atoms with E-state index in [1.165, 1.54) is 0 Å². The first-order valence-electron chi connectivity index (χ1n) is 7.16. The molecule has 1 atom stereocenters. The van der Waals surface area contributed by atoms with Gasteiger partial charge in [0.2, 0.25) is 0 Å². The lowest BCUT2D eigenvalue weighted by molar-refractivity contribution is 0.682. The van der Waals surface area contributed by atoms with Crippen LogP contribution in [0.25, 0.3) is 16.7 Å². The molecule has 3 aromatic rings. The van der Waals surface area contributed by atoms with E-state index in [0.29, 0.717) is 0 Å². The van der Waals surface area contributed by atoms with Crippen LogP contribution in [-0.4, -0.2) is 9.55 Å². The van der Waals surface area contributed by atoms with E-state index < -0.39 is 0 Å². The van der Waals surface area contributed by atoms with Crippen LogP contribution in [0.1, 0.15) is 11.9 Å². The molecule has 1 aliphatic rings. The summed E-state index contributed by atoms with van der Waals surface area (Å²) in [6, 6.07) is 16.6. The van der Waals surface area contributed by atoms with Crippen molar-refractivity contribution in [2.24, 2.45) is 0 Å². The van der Waals surface area contributed by atoms with Crippen LogP contribution >= 0.6 is 15.9 Å². The largest absolute Gasteiger partial charge is 0.378 e. The van der Waals surface area contributed by atoms with Crippen molar-refractivity contribution in [3.05, 3.63) is 83.3 Å². The molecule has 0 saturated carbocycles. The minimum absolute atomic E-state index is 0.0704. The lowest BCUT2D eigenvalue weighted by Gasteiger charge is -2.17. The van der Waals surface area contributed by atoms with Gasteiger partial charge in [0.25, 0.3) is 0 Å². The number of hydrogen-bond donors (Lipinski definition) is 1. The van der Waals surface area contributed by atoms with Gasteiger partial charge >= 0.3 is 0 Å². The van der Waals surface area contributed by atoms with Gasteiger partial charge in [-0.3, -0.25) is 4.57 Å². The maximum absolute atomic E-state index is 4.84. The van der Waals surface area contributed by atoms with Gasteiger partial charge in [0.1, 0.15) is 11.9 Å². The number of benzene rings is 2. The first-order chi connectivity index (χ1) is 10.8. The van der Waals surface area contributed by atoms with E-state index in [9.17, 15) is 0 Å². The molecule has 3 nitrogen and oxygen atoms in total. The summed E-state index contributed by atoms with van der Waals surface area (Å²) in [7, 11) is 0. The molecule has 108 valence electrons. The molecule has 2 aromatic carbocycles. The quantitative estimate of drug-likeness (QED) is 0.736. The molecule has 0 spiro atoms. The highest BCUT2D eigenvalue weighted by Gasteiger charge is 2.19. The van der Waals surface area contributed by atoms with Gasteiger partial charge in [-0.1, -0.05) is 40.2 Å². The molecule has 1 aliphatic heterocycles. The highest BCUT2D eigenvalue weighted by molar-refractivity contribution is 9.10. The van der Waals surface area contributed by atoms with Gasteiger partial charge in [-0.05, 0) is 48.7 Å². The van der Waals surface area contributed by atoms with Crippen LogP contribution in [0.4, 0.5) is 0 Å². The second-order valence-electron chi connectivity index (χ2n) is 5.16. The second-order valence-corrected chi connectivity index (χ2v) is 6.07. The van der Waals surface area contributed by atoms with Crippen LogP contribution in [0.3, 0.4) is 0 Å². The molecule has 2 heterocycles. The Hall–Kier alpha value is -2.33. The van der Waals surface area contributed by atoms with Gasteiger partial charge in [0.15, 0.2) is 0 Å². The Morgan fingerprint density at radius 2 is 1.82 bits per heavy atom. The predicted molar refractivity (Wildman–Crippen MR) is 92.9 cm³/mol. The summed E-state index contributed by atoms with van der Waals surface area (Å²) in [5.74, 6) is 0.990. The van der Waals surface area contributed by atoms with E-state index in [1.807, 2.05) is 30.5 Å². The molecule has 1 aromatic heterocycles. The molecule has 0 saturated heterocycles. The highest BCUT2D eigenvalue weighted by Crippen LogP contribution is 2.27. The predicted octanol–water partition coefficient (Wildman–Crippen LogP) is 4.50. The van der Waals surface area contributed by atoms with E-state index in [2.05, 4.69) is 68.3 Å². The standard InChI is InChI=1S/C18H14BrN3/c19-13-8-10-14(11-9-13)22-17-7-2-1-5-15(17)21-18(22)16-6-3-4-12-20-16/h1-12,16,20H. The minimum atomic E-state index is 0.0704. The van der Waals surface area contributed by atoms with Gasteiger partial charge in [-0.25, -0.2) is 4.98 Å². The molecular formula is C18H14BrN3. The number of para-hydroxylation sites is 2. The number of fused-ring (bicyclic) bond motifs is 1. The van der Waals surface area contributed by atoms with E-state index in [-0.39, 0.29) is 6.04 Å². The van der Waals surface area contributed by atoms with Gasteiger partial charge in [0.05, 0.1) is 11.0 Å². The zero-order chi connectivity index (χ0) is 14.9. The van der Waals surface area contributed by atoms with E-state index in [0.717, 1.165) is 27.0 Å². The fourth-order valence-corrected chi connectivity index (χ4v) is 2.99. The zero-order valence-corrected chi connectivity index (χ0v) is 13.4. The second kappa shape index (κ2) is 5.46. The average Bonchev–Trinajstić information content (AvgIpc) is 2.96. The van der Waals surface area contributed by atoms with Crippen LogP contribution in [0.15, 0.2) is 77.4 Å². The third kappa shape index (κ3) is 2.25. The Kier molecular flexibility index (Phi) is 3.31.